The molecule has 0 unspecified atom stereocenters. The lowest BCUT2D eigenvalue weighted by molar-refractivity contribution is -0.00979. The number of benzene rings is 1. The van der Waals surface area contributed by atoms with Crippen LogP contribution >= 0.6 is 0 Å². The Balaban J connectivity index is 1.60. The molecule has 2 aliphatic rings. The molecular formula is C24H38BNO4. The van der Waals surface area contributed by atoms with Crippen LogP contribution in [0.1, 0.15) is 79.2 Å². The molecule has 0 atom stereocenters. The van der Waals surface area contributed by atoms with E-state index in [0.717, 1.165) is 37.8 Å². The van der Waals surface area contributed by atoms with Gasteiger partial charge in [0.15, 0.2) is 0 Å². The Morgan fingerprint density at radius 1 is 1.10 bits per heavy atom. The van der Waals surface area contributed by atoms with Gasteiger partial charge in [0.05, 0.1) is 5.60 Å². The van der Waals surface area contributed by atoms with E-state index in [0.29, 0.717) is 12.5 Å². The smallest absolute Gasteiger partial charge is 0.444 e. The first-order chi connectivity index (χ1) is 13.9. The first-order valence-electron chi connectivity index (χ1n) is 11.3. The summed E-state index contributed by atoms with van der Waals surface area (Å²) in [7, 11) is -0.329. The van der Waals surface area contributed by atoms with Crippen LogP contribution in [0.5, 0.6) is 0 Å². The van der Waals surface area contributed by atoms with Crippen LogP contribution in [0.3, 0.4) is 0 Å². The van der Waals surface area contributed by atoms with Crippen molar-refractivity contribution in [2.24, 2.45) is 5.41 Å². The maximum absolute atomic E-state index is 12.3. The van der Waals surface area contributed by atoms with Crippen LogP contribution in [0.25, 0.3) is 0 Å². The Bertz CT molecular complexity index is 731. The molecule has 0 radical (unpaired) electrons. The molecule has 0 aliphatic carbocycles. The summed E-state index contributed by atoms with van der Waals surface area (Å²) in [6.45, 7) is 16.7. The summed E-state index contributed by atoms with van der Waals surface area (Å²) in [4.78, 5) is 14.1. The SMILES string of the molecule is CC(C)(C)OC(=O)N1CCC(c2ccc(B3OCCC(C)(C)C(C)(C)O3)cc2)CC1. The maximum atomic E-state index is 12.3. The maximum Gasteiger partial charge on any atom is 0.494 e. The molecule has 1 aromatic rings. The molecule has 2 heterocycles. The van der Waals surface area contributed by atoms with Gasteiger partial charge in [0.1, 0.15) is 5.60 Å². The Morgan fingerprint density at radius 3 is 2.27 bits per heavy atom. The summed E-state index contributed by atoms with van der Waals surface area (Å²) in [6.07, 6.45) is 2.68. The molecular weight excluding hydrogens is 377 g/mol. The molecule has 0 spiro atoms. The summed E-state index contributed by atoms with van der Waals surface area (Å²) in [5.41, 5.74) is 1.73. The number of rotatable bonds is 2. The van der Waals surface area contributed by atoms with E-state index in [1.807, 2.05) is 25.7 Å². The van der Waals surface area contributed by atoms with Gasteiger partial charge in [0.25, 0.3) is 0 Å². The summed E-state index contributed by atoms with van der Waals surface area (Å²) in [5, 5.41) is 0. The van der Waals surface area contributed by atoms with E-state index >= 15 is 0 Å². The lowest BCUT2D eigenvalue weighted by atomic mass is 9.72. The van der Waals surface area contributed by atoms with Crippen molar-refractivity contribution in [3.05, 3.63) is 29.8 Å². The van der Waals surface area contributed by atoms with Crippen LogP contribution < -0.4 is 5.46 Å². The Kier molecular flexibility index (Phi) is 6.59. The predicted octanol–water partition coefficient (Wildman–Crippen LogP) is 4.74. The molecule has 2 fully saturated rings. The number of amides is 1. The van der Waals surface area contributed by atoms with Gasteiger partial charge < -0.3 is 18.9 Å². The van der Waals surface area contributed by atoms with Crippen LogP contribution in [-0.2, 0) is 14.0 Å². The number of ether oxygens (including phenoxy) is 1. The fourth-order valence-corrected chi connectivity index (χ4v) is 3.99. The minimum Gasteiger partial charge on any atom is -0.444 e. The van der Waals surface area contributed by atoms with Crippen molar-refractivity contribution in [1.82, 2.24) is 4.90 Å². The highest BCUT2D eigenvalue weighted by Crippen LogP contribution is 2.39. The van der Waals surface area contributed by atoms with E-state index in [-0.39, 0.29) is 24.2 Å². The average Bonchev–Trinajstić information content (AvgIpc) is 2.76. The number of piperidine rings is 1. The average molecular weight is 415 g/mol. The van der Waals surface area contributed by atoms with Crippen LogP contribution in [0.15, 0.2) is 24.3 Å². The monoisotopic (exact) mass is 415 g/mol. The van der Waals surface area contributed by atoms with Gasteiger partial charge in [-0.05, 0) is 76.2 Å². The van der Waals surface area contributed by atoms with Gasteiger partial charge in [-0.25, -0.2) is 4.79 Å². The molecule has 30 heavy (non-hydrogen) atoms. The van der Waals surface area contributed by atoms with Crippen LogP contribution in [0, 0.1) is 5.41 Å². The zero-order valence-corrected chi connectivity index (χ0v) is 19.8. The summed E-state index contributed by atoms with van der Waals surface area (Å²) >= 11 is 0. The Labute approximate surface area is 182 Å². The minimum atomic E-state index is -0.449. The zero-order chi connectivity index (χ0) is 22.2. The highest BCUT2D eigenvalue weighted by atomic mass is 16.6. The normalized spacial score (nSPS) is 22.5. The number of nitrogens with zero attached hydrogens (tertiary/aromatic N) is 1. The molecule has 5 nitrogen and oxygen atoms in total. The van der Waals surface area contributed by atoms with Crippen molar-refractivity contribution in [3.8, 4) is 0 Å². The van der Waals surface area contributed by atoms with E-state index in [9.17, 15) is 4.79 Å². The second-order valence-corrected chi connectivity index (χ2v) is 10.9. The van der Waals surface area contributed by atoms with Crippen molar-refractivity contribution in [1.29, 1.82) is 0 Å². The van der Waals surface area contributed by atoms with Crippen molar-refractivity contribution in [2.75, 3.05) is 19.7 Å². The lowest BCUT2D eigenvalue weighted by Crippen LogP contribution is -2.47. The molecule has 2 saturated heterocycles. The third kappa shape index (κ3) is 5.39. The van der Waals surface area contributed by atoms with Crippen molar-refractivity contribution < 1.29 is 18.8 Å². The predicted molar refractivity (Wildman–Crippen MR) is 121 cm³/mol. The molecule has 0 aromatic heterocycles. The Morgan fingerprint density at radius 2 is 1.70 bits per heavy atom. The number of hydrogen-bond acceptors (Lipinski definition) is 4. The quantitative estimate of drug-likeness (QED) is 0.655. The number of carbonyl (C=O) groups excluding carboxylic acids is 1. The zero-order valence-electron chi connectivity index (χ0n) is 19.8. The van der Waals surface area contributed by atoms with Crippen LogP contribution in [-0.4, -0.2) is 49.0 Å². The largest absolute Gasteiger partial charge is 0.494 e. The number of hydrogen-bond donors (Lipinski definition) is 0. The van der Waals surface area contributed by atoms with E-state index < -0.39 is 5.60 Å². The second kappa shape index (κ2) is 8.54. The second-order valence-electron chi connectivity index (χ2n) is 10.9. The summed E-state index contributed by atoms with van der Waals surface area (Å²) in [6, 6.07) is 8.65. The minimum absolute atomic E-state index is 0.0593. The van der Waals surface area contributed by atoms with Crippen LogP contribution in [0.4, 0.5) is 4.79 Å². The third-order valence-electron chi connectivity index (χ3n) is 6.85. The van der Waals surface area contributed by atoms with Gasteiger partial charge in [-0.1, -0.05) is 38.1 Å². The molecule has 0 saturated carbocycles. The summed E-state index contributed by atoms with van der Waals surface area (Å²) < 4.78 is 17.9. The van der Waals surface area contributed by atoms with E-state index in [2.05, 4.69) is 52.0 Å². The number of carbonyl (C=O) groups is 1. The van der Waals surface area contributed by atoms with Gasteiger partial charge in [0.2, 0.25) is 0 Å². The molecule has 1 amide bonds. The highest BCUT2D eigenvalue weighted by Gasteiger charge is 2.44. The first kappa shape index (κ1) is 23.1. The van der Waals surface area contributed by atoms with Gasteiger partial charge in [-0.15, -0.1) is 0 Å². The topological polar surface area (TPSA) is 48.0 Å². The third-order valence-corrected chi connectivity index (χ3v) is 6.85. The van der Waals surface area contributed by atoms with Crippen molar-refractivity contribution in [3.63, 3.8) is 0 Å². The van der Waals surface area contributed by atoms with Crippen molar-refractivity contribution in [2.45, 2.75) is 84.8 Å². The first-order valence-corrected chi connectivity index (χ1v) is 11.3. The molecule has 166 valence electrons. The lowest BCUT2D eigenvalue weighted by Gasteiger charge is -2.40. The van der Waals surface area contributed by atoms with Crippen molar-refractivity contribution >= 4 is 18.7 Å². The fraction of sp³-hybridized carbons (Fsp3) is 0.708. The van der Waals surface area contributed by atoms with Gasteiger partial charge >= 0.3 is 13.2 Å². The van der Waals surface area contributed by atoms with E-state index in [1.54, 1.807) is 0 Å². The molecule has 0 N–H and O–H groups in total. The fourth-order valence-electron chi connectivity index (χ4n) is 3.99. The number of likely N-dealkylation sites (tertiary alicyclic amines) is 1. The van der Waals surface area contributed by atoms with Gasteiger partial charge in [0, 0.05) is 19.7 Å². The molecule has 0 bridgehead atoms. The molecule has 6 heteroatoms. The van der Waals surface area contributed by atoms with Crippen LogP contribution in [0.2, 0.25) is 0 Å². The van der Waals surface area contributed by atoms with E-state index in [1.165, 1.54) is 5.56 Å². The Hall–Kier alpha value is -1.53. The molecule has 2 aliphatic heterocycles. The van der Waals surface area contributed by atoms with Gasteiger partial charge in [-0.2, -0.15) is 0 Å². The highest BCUT2D eigenvalue weighted by molar-refractivity contribution is 6.61. The van der Waals surface area contributed by atoms with Gasteiger partial charge in [-0.3, -0.25) is 0 Å². The molecule has 3 rings (SSSR count). The standard InChI is InChI=1S/C24H38BNO4/c1-22(2,3)29-21(27)26-15-12-19(13-16-26)18-8-10-20(11-9-18)25-28-17-14-23(4,5)24(6,7)30-25/h8-11,19H,12-17H2,1-7H3. The van der Waals surface area contributed by atoms with E-state index in [4.69, 9.17) is 14.0 Å². The molecule has 1 aromatic carbocycles. The summed E-state index contributed by atoms with van der Waals surface area (Å²) in [5.74, 6) is 0.462.